The summed E-state index contributed by atoms with van der Waals surface area (Å²) in [5, 5.41) is 5.48. The number of amides is 2. The summed E-state index contributed by atoms with van der Waals surface area (Å²) in [6.45, 7) is 1.86. The van der Waals surface area contributed by atoms with E-state index in [-0.39, 0.29) is 11.8 Å². The van der Waals surface area contributed by atoms with Gasteiger partial charge in [0.1, 0.15) is 5.69 Å². The van der Waals surface area contributed by atoms with Crippen molar-refractivity contribution in [3.05, 3.63) is 58.3 Å². The molecule has 2 aromatic rings. The van der Waals surface area contributed by atoms with Gasteiger partial charge >= 0.3 is 0 Å². The molecule has 21 heavy (non-hydrogen) atoms. The highest BCUT2D eigenvalue weighted by Gasteiger charge is 2.06. The van der Waals surface area contributed by atoms with E-state index in [2.05, 4.69) is 31.5 Å². The highest BCUT2D eigenvalue weighted by Crippen LogP contribution is 2.10. The van der Waals surface area contributed by atoms with Crippen LogP contribution in [0.2, 0.25) is 0 Å². The molecule has 1 heterocycles. The van der Waals surface area contributed by atoms with Gasteiger partial charge in [0.05, 0.1) is 0 Å². The Bertz CT molecular complexity index is 639. The summed E-state index contributed by atoms with van der Waals surface area (Å²) >= 11 is 3.27. The summed E-state index contributed by atoms with van der Waals surface area (Å²) < 4.78 is 0.826. The van der Waals surface area contributed by atoms with E-state index >= 15 is 0 Å². The molecule has 2 rings (SSSR count). The van der Waals surface area contributed by atoms with Crippen LogP contribution in [0.4, 0.5) is 5.69 Å². The lowest BCUT2D eigenvalue weighted by Gasteiger charge is -2.06. The van der Waals surface area contributed by atoms with Crippen molar-refractivity contribution >= 4 is 33.4 Å². The van der Waals surface area contributed by atoms with Gasteiger partial charge in [0, 0.05) is 29.8 Å². The zero-order valence-corrected chi connectivity index (χ0v) is 13.0. The number of hydrogen-bond donors (Lipinski definition) is 2. The Balaban J connectivity index is 1.92. The van der Waals surface area contributed by atoms with E-state index in [4.69, 9.17) is 0 Å². The predicted octanol–water partition coefficient (Wildman–Crippen LogP) is 2.73. The van der Waals surface area contributed by atoms with Gasteiger partial charge in [-0.25, -0.2) is 4.98 Å². The van der Waals surface area contributed by atoms with Crippen LogP contribution >= 0.6 is 15.9 Å². The fourth-order valence-electron chi connectivity index (χ4n) is 1.69. The van der Waals surface area contributed by atoms with E-state index in [9.17, 15) is 9.59 Å². The van der Waals surface area contributed by atoms with Crippen LogP contribution in [-0.2, 0) is 11.3 Å². The van der Waals surface area contributed by atoms with Crippen molar-refractivity contribution in [3.8, 4) is 0 Å². The molecule has 5 nitrogen and oxygen atoms in total. The Morgan fingerprint density at radius 3 is 2.43 bits per heavy atom. The smallest absolute Gasteiger partial charge is 0.270 e. The summed E-state index contributed by atoms with van der Waals surface area (Å²) in [5.74, 6) is -0.342. The van der Waals surface area contributed by atoms with Crippen LogP contribution in [0.5, 0.6) is 0 Å². The number of nitrogens with zero attached hydrogens (tertiary/aromatic N) is 1. The molecule has 2 amide bonds. The minimum atomic E-state index is -0.228. The molecular weight excluding hydrogens is 334 g/mol. The third-order valence-corrected chi connectivity index (χ3v) is 3.16. The summed E-state index contributed by atoms with van der Waals surface area (Å²) in [7, 11) is 0. The molecule has 0 spiro atoms. The van der Waals surface area contributed by atoms with Crippen molar-refractivity contribution in [2.45, 2.75) is 13.5 Å². The number of aromatic nitrogens is 1. The number of hydrogen-bond acceptors (Lipinski definition) is 3. The topological polar surface area (TPSA) is 71.1 Å². The van der Waals surface area contributed by atoms with Gasteiger partial charge in [-0.05, 0) is 45.8 Å². The SMILES string of the molecule is CC(=O)Nc1ccc(CNC(=O)c2ccc(Br)cn2)cc1. The number of rotatable bonds is 4. The normalized spacial score (nSPS) is 10.0. The lowest BCUT2D eigenvalue weighted by Crippen LogP contribution is -2.23. The first kappa shape index (κ1) is 15.2. The first-order chi connectivity index (χ1) is 10.0. The van der Waals surface area contributed by atoms with Gasteiger partial charge in [-0.3, -0.25) is 9.59 Å². The Hall–Kier alpha value is -2.21. The fourth-order valence-corrected chi connectivity index (χ4v) is 1.93. The summed E-state index contributed by atoms with van der Waals surface area (Å²) in [6, 6.07) is 10.7. The summed E-state index contributed by atoms with van der Waals surface area (Å²) in [5.41, 5.74) is 2.04. The molecule has 1 aromatic heterocycles. The van der Waals surface area contributed by atoms with Crippen LogP contribution in [0.25, 0.3) is 0 Å². The first-order valence-corrected chi connectivity index (χ1v) is 7.10. The maximum atomic E-state index is 11.9. The van der Waals surface area contributed by atoms with Gasteiger partial charge in [0.15, 0.2) is 0 Å². The number of carbonyl (C=O) groups is 2. The van der Waals surface area contributed by atoms with Crippen LogP contribution in [0, 0.1) is 0 Å². The van der Waals surface area contributed by atoms with Gasteiger partial charge in [-0.1, -0.05) is 12.1 Å². The highest BCUT2D eigenvalue weighted by atomic mass is 79.9. The first-order valence-electron chi connectivity index (χ1n) is 6.31. The molecule has 108 valence electrons. The van der Waals surface area contributed by atoms with Crippen molar-refractivity contribution in [3.63, 3.8) is 0 Å². The molecule has 0 aliphatic carbocycles. The highest BCUT2D eigenvalue weighted by molar-refractivity contribution is 9.10. The second-order valence-corrected chi connectivity index (χ2v) is 5.34. The Kier molecular flexibility index (Phi) is 5.05. The van der Waals surface area contributed by atoms with Crippen LogP contribution in [-0.4, -0.2) is 16.8 Å². The molecule has 1 aromatic carbocycles. The molecule has 0 unspecified atom stereocenters. The van der Waals surface area contributed by atoms with Gasteiger partial charge in [-0.15, -0.1) is 0 Å². The second kappa shape index (κ2) is 6.99. The maximum Gasteiger partial charge on any atom is 0.270 e. The molecule has 0 saturated carbocycles. The van der Waals surface area contributed by atoms with Crippen LogP contribution < -0.4 is 10.6 Å². The number of benzene rings is 1. The minimum Gasteiger partial charge on any atom is -0.347 e. The molecule has 0 aliphatic rings. The van der Waals surface area contributed by atoms with Gasteiger partial charge < -0.3 is 10.6 Å². The summed E-state index contributed by atoms with van der Waals surface area (Å²) in [4.78, 5) is 26.8. The quantitative estimate of drug-likeness (QED) is 0.893. The molecule has 0 saturated heterocycles. The number of pyridine rings is 1. The van der Waals surface area contributed by atoms with Gasteiger partial charge in [-0.2, -0.15) is 0 Å². The zero-order chi connectivity index (χ0) is 15.2. The molecule has 0 aliphatic heterocycles. The Morgan fingerprint density at radius 1 is 1.14 bits per heavy atom. The average molecular weight is 348 g/mol. The molecule has 0 bridgehead atoms. The third kappa shape index (κ3) is 4.68. The average Bonchev–Trinajstić information content (AvgIpc) is 2.46. The molecular formula is C15H14BrN3O2. The Morgan fingerprint density at radius 2 is 1.86 bits per heavy atom. The third-order valence-electron chi connectivity index (χ3n) is 2.69. The number of carbonyl (C=O) groups excluding carboxylic acids is 2. The second-order valence-electron chi connectivity index (χ2n) is 4.42. The molecule has 0 atom stereocenters. The van der Waals surface area contributed by atoms with Crippen LogP contribution in [0.1, 0.15) is 23.0 Å². The van der Waals surface area contributed by atoms with E-state index in [0.29, 0.717) is 12.2 Å². The van der Waals surface area contributed by atoms with E-state index in [1.54, 1.807) is 30.5 Å². The van der Waals surface area contributed by atoms with Crippen molar-refractivity contribution in [2.75, 3.05) is 5.32 Å². The lowest BCUT2D eigenvalue weighted by atomic mass is 10.2. The van der Waals surface area contributed by atoms with Gasteiger partial charge in [0.25, 0.3) is 5.91 Å². The van der Waals surface area contributed by atoms with Crippen LogP contribution in [0.15, 0.2) is 47.1 Å². The van der Waals surface area contributed by atoms with E-state index in [0.717, 1.165) is 15.7 Å². The van der Waals surface area contributed by atoms with Crippen LogP contribution in [0.3, 0.4) is 0 Å². The van der Waals surface area contributed by atoms with E-state index in [1.165, 1.54) is 6.92 Å². The standard InChI is InChI=1S/C15H14BrN3O2/c1-10(20)19-13-5-2-11(3-6-13)8-18-15(21)14-7-4-12(16)9-17-14/h2-7,9H,8H2,1H3,(H,18,21)(H,19,20). The summed E-state index contributed by atoms with van der Waals surface area (Å²) in [6.07, 6.45) is 1.58. The zero-order valence-electron chi connectivity index (χ0n) is 11.4. The monoisotopic (exact) mass is 347 g/mol. The van der Waals surface area contributed by atoms with E-state index < -0.39 is 0 Å². The predicted molar refractivity (Wildman–Crippen MR) is 83.9 cm³/mol. The largest absolute Gasteiger partial charge is 0.347 e. The van der Waals surface area contributed by atoms with Gasteiger partial charge in [0.2, 0.25) is 5.91 Å². The molecule has 2 N–H and O–H groups in total. The molecule has 0 fully saturated rings. The van der Waals surface area contributed by atoms with Crippen molar-refractivity contribution in [1.29, 1.82) is 0 Å². The molecule has 6 heteroatoms. The van der Waals surface area contributed by atoms with Crippen molar-refractivity contribution in [2.24, 2.45) is 0 Å². The lowest BCUT2D eigenvalue weighted by molar-refractivity contribution is -0.114. The van der Waals surface area contributed by atoms with E-state index in [1.807, 2.05) is 12.1 Å². The minimum absolute atomic E-state index is 0.114. The maximum absolute atomic E-state index is 11.9. The molecule has 0 radical (unpaired) electrons. The fraction of sp³-hybridized carbons (Fsp3) is 0.133. The number of anilines is 1. The van der Waals surface area contributed by atoms with Crippen molar-refractivity contribution < 1.29 is 9.59 Å². The number of halogens is 1. The van der Waals surface area contributed by atoms with Crippen molar-refractivity contribution in [1.82, 2.24) is 10.3 Å². The number of nitrogens with one attached hydrogen (secondary N) is 2. The Labute approximate surface area is 130 Å².